The maximum atomic E-state index is 5.72. The third-order valence-corrected chi connectivity index (χ3v) is 5.24. The normalized spacial score (nSPS) is 12.5. The van der Waals surface area contributed by atoms with Crippen molar-refractivity contribution in [2.75, 3.05) is 20.8 Å². The van der Waals surface area contributed by atoms with Gasteiger partial charge in [-0.15, -0.1) is 0 Å². The minimum atomic E-state index is 0.599. The Morgan fingerprint density at radius 1 is 0.867 bits per heavy atom. The molecule has 0 atom stereocenters. The highest BCUT2D eigenvalue weighted by Gasteiger charge is 2.11. The van der Waals surface area contributed by atoms with Gasteiger partial charge in [0, 0.05) is 30.8 Å². The predicted molar refractivity (Wildman–Crippen MR) is 121 cm³/mol. The number of nitrogens with zero attached hydrogens (tertiary/aromatic N) is 3. The van der Waals surface area contributed by atoms with Crippen LogP contribution >= 0.6 is 0 Å². The second-order valence-corrected chi connectivity index (χ2v) is 7.14. The van der Waals surface area contributed by atoms with Crippen LogP contribution in [0.2, 0.25) is 0 Å². The van der Waals surface area contributed by atoms with Crippen molar-refractivity contribution < 1.29 is 9.47 Å². The van der Waals surface area contributed by atoms with Gasteiger partial charge in [-0.2, -0.15) is 0 Å². The number of methoxy groups -OCH3 is 2. The molecule has 0 amide bonds. The van der Waals surface area contributed by atoms with Crippen LogP contribution in [0.15, 0.2) is 42.5 Å². The largest absolute Gasteiger partial charge is 0.494 e. The molecule has 2 aliphatic heterocycles. The van der Waals surface area contributed by atoms with Crippen LogP contribution in [0, 0.1) is 0 Å². The summed E-state index contributed by atoms with van der Waals surface area (Å²) >= 11 is 0. The molecular formula is C24H22N4O2. The van der Waals surface area contributed by atoms with E-state index in [4.69, 9.17) is 14.5 Å². The quantitative estimate of drug-likeness (QED) is 0.473. The van der Waals surface area contributed by atoms with Crippen molar-refractivity contribution >= 4 is 46.4 Å². The number of fused-ring (bicyclic) bond motifs is 10. The molecule has 30 heavy (non-hydrogen) atoms. The maximum absolute atomic E-state index is 5.72. The zero-order valence-electron chi connectivity index (χ0n) is 16.9. The second-order valence-electron chi connectivity index (χ2n) is 7.14. The molecular weight excluding hydrogens is 376 g/mol. The van der Waals surface area contributed by atoms with E-state index in [0.29, 0.717) is 13.2 Å². The summed E-state index contributed by atoms with van der Waals surface area (Å²) in [5.74, 6) is 0.811. The number of H-pyrrole nitrogens is 1. The molecule has 0 unspecified atom stereocenters. The summed E-state index contributed by atoms with van der Waals surface area (Å²) in [6.45, 7) is 1.30. The molecule has 0 saturated carbocycles. The van der Waals surface area contributed by atoms with Crippen molar-refractivity contribution in [3.63, 3.8) is 0 Å². The van der Waals surface area contributed by atoms with Crippen LogP contribution in [0.4, 0.5) is 0 Å². The number of aromatic nitrogens is 4. The monoisotopic (exact) mass is 398 g/mol. The van der Waals surface area contributed by atoms with Crippen LogP contribution in [0.3, 0.4) is 0 Å². The first-order valence-electron chi connectivity index (χ1n) is 9.85. The summed E-state index contributed by atoms with van der Waals surface area (Å²) in [5, 5.41) is 0. The highest BCUT2D eigenvalue weighted by atomic mass is 16.5. The highest BCUT2D eigenvalue weighted by Crippen LogP contribution is 2.29. The molecule has 3 aromatic rings. The first-order valence-corrected chi connectivity index (χ1v) is 9.85. The lowest BCUT2D eigenvalue weighted by Crippen LogP contribution is -2.03. The fraction of sp³-hybridized carbons (Fsp3) is 0.167. The summed E-state index contributed by atoms with van der Waals surface area (Å²) in [6.07, 6.45) is 8.01. The number of hydrogen-bond donors (Lipinski definition) is 1. The van der Waals surface area contributed by atoms with Crippen molar-refractivity contribution in [3.05, 3.63) is 65.2 Å². The van der Waals surface area contributed by atoms with Gasteiger partial charge in [-0.3, -0.25) is 0 Å². The summed E-state index contributed by atoms with van der Waals surface area (Å²) in [4.78, 5) is 12.9. The molecule has 0 radical (unpaired) electrons. The van der Waals surface area contributed by atoms with E-state index in [-0.39, 0.29) is 0 Å². The molecule has 3 aromatic heterocycles. The number of ether oxygens (including phenoxy) is 2. The van der Waals surface area contributed by atoms with Gasteiger partial charge in [0.2, 0.25) is 0 Å². The van der Waals surface area contributed by atoms with Crippen molar-refractivity contribution in [1.29, 1.82) is 0 Å². The van der Waals surface area contributed by atoms with Crippen LogP contribution in [0.5, 0.6) is 5.75 Å². The third-order valence-electron chi connectivity index (χ3n) is 5.24. The molecule has 0 spiro atoms. The Kier molecular flexibility index (Phi) is 4.69. The molecule has 0 aliphatic carbocycles. The third kappa shape index (κ3) is 3.31. The lowest BCUT2D eigenvalue weighted by Gasteiger charge is -2.06. The molecule has 2 aliphatic rings. The number of nitrogens with one attached hydrogen (secondary N) is 1. The van der Waals surface area contributed by atoms with E-state index < -0.39 is 0 Å². The lowest BCUT2D eigenvalue weighted by atomic mass is 10.3. The Hall–Kier alpha value is -3.64. The van der Waals surface area contributed by atoms with Gasteiger partial charge in [-0.05, 0) is 60.7 Å². The fourth-order valence-electron chi connectivity index (χ4n) is 3.76. The van der Waals surface area contributed by atoms with Gasteiger partial charge < -0.3 is 19.0 Å². The molecule has 5 rings (SSSR count). The van der Waals surface area contributed by atoms with Gasteiger partial charge in [-0.1, -0.05) is 0 Å². The average molecular weight is 398 g/mol. The molecule has 6 nitrogen and oxygen atoms in total. The van der Waals surface area contributed by atoms with Crippen LogP contribution in [-0.2, 0) is 11.3 Å². The van der Waals surface area contributed by atoms with E-state index >= 15 is 0 Å². The Morgan fingerprint density at radius 2 is 1.57 bits per heavy atom. The Labute approximate surface area is 174 Å². The molecule has 0 aromatic carbocycles. The van der Waals surface area contributed by atoms with E-state index in [0.717, 1.165) is 50.6 Å². The average Bonchev–Trinajstić information content (AvgIpc) is 3.54. The fourth-order valence-corrected chi connectivity index (χ4v) is 3.76. The van der Waals surface area contributed by atoms with Crippen molar-refractivity contribution in [2.24, 2.45) is 0 Å². The van der Waals surface area contributed by atoms with Gasteiger partial charge >= 0.3 is 0 Å². The predicted octanol–water partition coefficient (Wildman–Crippen LogP) is 4.78. The molecule has 6 heteroatoms. The van der Waals surface area contributed by atoms with E-state index in [9.17, 15) is 0 Å². The van der Waals surface area contributed by atoms with E-state index in [1.807, 2.05) is 48.6 Å². The summed E-state index contributed by atoms with van der Waals surface area (Å²) in [6, 6.07) is 14.3. The Morgan fingerprint density at radius 3 is 2.27 bits per heavy atom. The zero-order valence-corrected chi connectivity index (χ0v) is 16.9. The number of aromatic amines is 1. The van der Waals surface area contributed by atoms with Gasteiger partial charge in [0.05, 0.1) is 42.0 Å². The highest BCUT2D eigenvalue weighted by molar-refractivity contribution is 5.88. The Balaban J connectivity index is 1.86. The van der Waals surface area contributed by atoms with Crippen LogP contribution < -0.4 is 4.74 Å². The number of rotatable bonds is 4. The van der Waals surface area contributed by atoms with Crippen molar-refractivity contribution in [2.45, 2.75) is 6.54 Å². The van der Waals surface area contributed by atoms with E-state index in [1.165, 1.54) is 0 Å². The van der Waals surface area contributed by atoms with Gasteiger partial charge in [0.1, 0.15) is 11.3 Å². The smallest absolute Gasteiger partial charge is 0.146 e. The molecule has 1 N–H and O–H groups in total. The van der Waals surface area contributed by atoms with Crippen LogP contribution in [-0.4, -0.2) is 40.3 Å². The zero-order chi connectivity index (χ0) is 20.5. The number of hydrogen-bond acceptors (Lipinski definition) is 4. The topological polar surface area (TPSA) is 65.0 Å². The van der Waals surface area contributed by atoms with Gasteiger partial charge in [0.15, 0.2) is 0 Å². The second kappa shape index (κ2) is 7.65. The molecule has 0 fully saturated rings. The van der Waals surface area contributed by atoms with Gasteiger partial charge in [0.25, 0.3) is 0 Å². The van der Waals surface area contributed by atoms with Gasteiger partial charge in [-0.25, -0.2) is 9.97 Å². The van der Waals surface area contributed by atoms with Crippen molar-refractivity contribution in [1.82, 2.24) is 19.5 Å². The maximum Gasteiger partial charge on any atom is 0.146 e. The minimum Gasteiger partial charge on any atom is -0.494 e. The standard InChI is InChI=1S/C24H22N4O2/c1-29-14-13-28-19-9-5-18-7-11-21(26-18)20-10-6-16(25-20)3-4-17-8-12-22(27-17)24(28)23(15-19)30-2/h3-12,15,27H,13-14H2,1-2H3. The first-order chi connectivity index (χ1) is 14.7. The summed E-state index contributed by atoms with van der Waals surface area (Å²) in [5.41, 5.74) is 7.53. The lowest BCUT2D eigenvalue weighted by molar-refractivity contribution is 0.189. The van der Waals surface area contributed by atoms with Crippen molar-refractivity contribution in [3.8, 4) is 5.75 Å². The molecule has 5 heterocycles. The van der Waals surface area contributed by atoms with E-state index in [2.05, 4.69) is 32.7 Å². The van der Waals surface area contributed by atoms with Crippen LogP contribution in [0.25, 0.3) is 46.4 Å². The summed E-state index contributed by atoms with van der Waals surface area (Å²) in [7, 11) is 3.41. The van der Waals surface area contributed by atoms with Crippen LogP contribution in [0.1, 0.15) is 22.8 Å². The Bertz CT molecular complexity index is 1330. The minimum absolute atomic E-state index is 0.599. The molecule has 150 valence electrons. The molecule has 8 bridgehead atoms. The molecule has 0 saturated heterocycles. The van der Waals surface area contributed by atoms with E-state index in [1.54, 1.807) is 14.2 Å². The summed E-state index contributed by atoms with van der Waals surface area (Å²) < 4.78 is 13.3. The SMILES string of the molecule is COCCn1c2ccc3nc(c4nc(ccc5ccc([nH]5)c1c(OC)c2)C=C4)C=C3. The first kappa shape index (κ1) is 18.4.